The van der Waals surface area contributed by atoms with E-state index in [4.69, 9.17) is 9.84 Å². The van der Waals surface area contributed by atoms with Gasteiger partial charge in [0, 0.05) is 31.4 Å². The van der Waals surface area contributed by atoms with Crippen molar-refractivity contribution in [3.05, 3.63) is 102 Å². The fraction of sp³-hybridized carbons (Fsp3) is 0.233. The Labute approximate surface area is 235 Å². The number of ether oxygens (including phenoxy) is 1. The monoisotopic (exact) mass is 562 g/mol. The van der Waals surface area contributed by atoms with E-state index in [1.54, 1.807) is 36.1 Å². The van der Waals surface area contributed by atoms with Crippen LogP contribution in [-0.4, -0.2) is 54.2 Å². The van der Waals surface area contributed by atoms with E-state index in [2.05, 4.69) is 5.32 Å². The molecule has 2 amide bonds. The minimum Gasteiger partial charge on any atom is -0.385 e. The van der Waals surface area contributed by atoms with Gasteiger partial charge in [-0.1, -0.05) is 42.5 Å². The van der Waals surface area contributed by atoms with Crippen LogP contribution in [0.4, 0.5) is 14.6 Å². The van der Waals surface area contributed by atoms with Crippen LogP contribution >= 0.6 is 11.8 Å². The molecule has 0 saturated carbocycles. The van der Waals surface area contributed by atoms with Crippen LogP contribution in [0, 0.1) is 11.6 Å². The van der Waals surface area contributed by atoms with Crippen LogP contribution in [0.5, 0.6) is 0 Å². The number of nitrogens with one attached hydrogen (secondary N) is 1. The number of fused-ring (bicyclic) bond motifs is 1. The number of carbonyl (C=O) groups is 2. The first-order valence-electron chi connectivity index (χ1n) is 12.8. The summed E-state index contributed by atoms with van der Waals surface area (Å²) < 4.78 is 34.4. The van der Waals surface area contributed by atoms with E-state index in [1.807, 2.05) is 30.3 Å². The molecule has 1 N–H and O–H groups in total. The number of carbonyl (C=O) groups excluding carboxylic acids is 2. The van der Waals surface area contributed by atoms with Gasteiger partial charge in [-0.25, -0.2) is 13.5 Å². The molecule has 1 aliphatic heterocycles. The summed E-state index contributed by atoms with van der Waals surface area (Å²) in [4.78, 5) is 28.1. The Morgan fingerprint density at radius 1 is 1.02 bits per heavy atom. The molecule has 1 unspecified atom stereocenters. The SMILES string of the molecule is COCCCNC(=O)CN1C(=O)CSC(c2ccc(F)cc2)c2c(-c3ccccc3)nn(-c3ccc(F)cc3)c21. The first kappa shape index (κ1) is 27.5. The maximum Gasteiger partial charge on any atom is 0.240 e. The molecule has 10 heteroatoms. The molecule has 5 rings (SSSR count). The van der Waals surface area contributed by atoms with Crippen molar-refractivity contribution >= 4 is 29.4 Å². The molecule has 3 aromatic carbocycles. The fourth-order valence-corrected chi connectivity index (χ4v) is 5.83. The second kappa shape index (κ2) is 12.4. The van der Waals surface area contributed by atoms with Crippen LogP contribution in [-0.2, 0) is 14.3 Å². The van der Waals surface area contributed by atoms with E-state index in [-0.39, 0.29) is 29.9 Å². The zero-order valence-corrected chi connectivity index (χ0v) is 22.7. The summed E-state index contributed by atoms with van der Waals surface area (Å²) in [5.74, 6) is -0.865. The quantitative estimate of drug-likeness (QED) is 0.286. The van der Waals surface area contributed by atoms with Crippen molar-refractivity contribution in [2.75, 3.05) is 37.5 Å². The van der Waals surface area contributed by atoms with Crippen LogP contribution in [0.3, 0.4) is 0 Å². The van der Waals surface area contributed by atoms with Gasteiger partial charge in [0.1, 0.15) is 24.0 Å². The largest absolute Gasteiger partial charge is 0.385 e. The van der Waals surface area contributed by atoms with Gasteiger partial charge in [0.2, 0.25) is 11.8 Å². The second-order valence-corrected chi connectivity index (χ2v) is 10.4. The van der Waals surface area contributed by atoms with Gasteiger partial charge >= 0.3 is 0 Å². The van der Waals surface area contributed by atoms with Crippen molar-refractivity contribution in [1.29, 1.82) is 0 Å². The molecule has 7 nitrogen and oxygen atoms in total. The lowest BCUT2D eigenvalue weighted by molar-refractivity contribution is -0.122. The van der Waals surface area contributed by atoms with Gasteiger partial charge in [0.25, 0.3) is 0 Å². The standard InChI is InChI=1S/C30H28F2N4O3S/c1-39-17-5-16-33-25(37)18-35-26(38)19-40-29(21-8-10-22(31)11-9-21)27-28(20-6-3-2-4-7-20)34-36(30(27)35)24-14-12-23(32)13-15-24/h2-4,6-15,29H,5,16-19H2,1H3,(H,33,37). The van der Waals surface area contributed by atoms with Gasteiger partial charge in [0.15, 0.2) is 0 Å². The molecule has 0 spiro atoms. The topological polar surface area (TPSA) is 76.5 Å². The maximum absolute atomic E-state index is 13.9. The number of hydrogen-bond acceptors (Lipinski definition) is 5. The number of rotatable bonds is 9. The summed E-state index contributed by atoms with van der Waals surface area (Å²) in [6.45, 7) is 0.679. The van der Waals surface area contributed by atoms with Crippen LogP contribution in [0.15, 0.2) is 78.9 Å². The Morgan fingerprint density at radius 2 is 1.70 bits per heavy atom. The average Bonchev–Trinajstić information content (AvgIpc) is 3.29. The molecule has 1 aromatic heterocycles. The number of halogens is 2. The molecule has 1 atom stereocenters. The van der Waals surface area contributed by atoms with Gasteiger partial charge in [-0.15, -0.1) is 11.8 Å². The van der Waals surface area contributed by atoms with Gasteiger partial charge < -0.3 is 10.1 Å². The Kier molecular flexibility index (Phi) is 8.57. The van der Waals surface area contributed by atoms with E-state index in [0.29, 0.717) is 42.3 Å². The van der Waals surface area contributed by atoms with Crippen LogP contribution in [0.25, 0.3) is 16.9 Å². The summed E-state index contributed by atoms with van der Waals surface area (Å²) >= 11 is 1.39. The number of nitrogens with zero attached hydrogens (tertiary/aromatic N) is 3. The van der Waals surface area contributed by atoms with E-state index in [1.165, 1.54) is 40.9 Å². The Morgan fingerprint density at radius 3 is 2.38 bits per heavy atom. The normalized spacial score (nSPS) is 15.0. The molecule has 40 heavy (non-hydrogen) atoms. The first-order valence-corrected chi connectivity index (χ1v) is 13.9. The molecule has 0 radical (unpaired) electrons. The number of thioether (sulfide) groups is 1. The van der Waals surface area contributed by atoms with Gasteiger partial charge in [-0.05, 0) is 48.4 Å². The van der Waals surface area contributed by atoms with Crippen LogP contribution in [0.2, 0.25) is 0 Å². The zero-order chi connectivity index (χ0) is 28.1. The predicted octanol–water partition coefficient (Wildman–Crippen LogP) is 5.14. The zero-order valence-electron chi connectivity index (χ0n) is 21.8. The maximum atomic E-state index is 13.9. The van der Waals surface area contributed by atoms with Crippen molar-refractivity contribution in [2.45, 2.75) is 11.7 Å². The molecule has 0 aliphatic carbocycles. The predicted molar refractivity (Wildman–Crippen MR) is 152 cm³/mol. The lowest BCUT2D eigenvalue weighted by Gasteiger charge is -2.23. The molecule has 0 fully saturated rings. The average molecular weight is 563 g/mol. The molecule has 206 valence electrons. The summed E-state index contributed by atoms with van der Waals surface area (Å²) in [6.07, 6.45) is 0.635. The lowest BCUT2D eigenvalue weighted by atomic mass is 9.99. The van der Waals surface area contributed by atoms with Crippen molar-refractivity contribution in [1.82, 2.24) is 15.1 Å². The minimum absolute atomic E-state index is 0.0886. The number of anilines is 1. The third-order valence-electron chi connectivity index (χ3n) is 6.53. The summed E-state index contributed by atoms with van der Waals surface area (Å²) in [5, 5.41) is 7.40. The van der Waals surface area contributed by atoms with E-state index in [9.17, 15) is 18.4 Å². The molecule has 2 heterocycles. The highest BCUT2D eigenvalue weighted by atomic mass is 32.2. The number of aromatic nitrogens is 2. The lowest BCUT2D eigenvalue weighted by Crippen LogP contribution is -2.42. The highest BCUT2D eigenvalue weighted by Crippen LogP contribution is 2.48. The Bertz CT molecular complexity index is 1480. The van der Waals surface area contributed by atoms with Crippen molar-refractivity contribution in [3.8, 4) is 16.9 Å². The second-order valence-electron chi connectivity index (χ2n) is 9.26. The molecule has 1 aliphatic rings. The van der Waals surface area contributed by atoms with Crippen LogP contribution < -0.4 is 10.2 Å². The van der Waals surface area contributed by atoms with Crippen molar-refractivity contribution in [3.63, 3.8) is 0 Å². The molecular formula is C30H28F2N4O3S. The molecule has 0 saturated heterocycles. The number of methoxy groups -OCH3 is 1. The third-order valence-corrected chi connectivity index (χ3v) is 7.78. The van der Waals surface area contributed by atoms with E-state index in [0.717, 1.165) is 11.1 Å². The van der Waals surface area contributed by atoms with E-state index < -0.39 is 11.1 Å². The smallest absolute Gasteiger partial charge is 0.240 e. The number of hydrogen-bond donors (Lipinski definition) is 1. The highest BCUT2D eigenvalue weighted by Gasteiger charge is 2.37. The number of amides is 2. The molecular weight excluding hydrogens is 534 g/mol. The summed E-state index contributed by atoms with van der Waals surface area (Å²) in [5.41, 5.74) is 3.46. The van der Waals surface area contributed by atoms with Gasteiger partial charge in [-0.2, -0.15) is 5.10 Å². The number of benzene rings is 3. The van der Waals surface area contributed by atoms with Crippen molar-refractivity contribution < 1.29 is 23.1 Å². The summed E-state index contributed by atoms with van der Waals surface area (Å²) in [6, 6.07) is 21.5. The summed E-state index contributed by atoms with van der Waals surface area (Å²) in [7, 11) is 1.59. The van der Waals surface area contributed by atoms with Crippen LogP contribution in [0.1, 0.15) is 22.8 Å². The third kappa shape index (κ3) is 5.93. The molecule has 4 aromatic rings. The fourth-order valence-electron chi connectivity index (χ4n) is 4.64. The highest BCUT2D eigenvalue weighted by molar-refractivity contribution is 8.00. The van der Waals surface area contributed by atoms with Gasteiger partial charge in [-0.3, -0.25) is 14.5 Å². The van der Waals surface area contributed by atoms with E-state index >= 15 is 0 Å². The van der Waals surface area contributed by atoms with Crippen molar-refractivity contribution in [2.24, 2.45) is 0 Å². The first-order chi connectivity index (χ1) is 19.5. The molecule has 0 bridgehead atoms. The Balaban J connectivity index is 1.70. The Hall–Kier alpha value is -4.02. The van der Waals surface area contributed by atoms with Gasteiger partial charge in [0.05, 0.1) is 22.4 Å². The minimum atomic E-state index is -0.409.